The van der Waals surface area contributed by atoms with Gasteiger partial charge in [-0.3, -0.25) is 0 Å². The molecule has 0 amide bonds. The highest BCUT2D eigenvalue weighted by Gasteiger charge is 2.42. The lowest BCUT2D eigenvalue weighted by molar-refractivity contribution is 0.00332. The van der Waals surface area contributed by atoms with Gasteiger partial charge < -0.3 is 10.8 Å². The molecule has 0 heterocycles. The van der Waals surface area contributed by atoms with Crippen molar-refractivity contribution in [2.45, 2.75) is 51.7 Å². The van der Waals surface area contributed by atoms with Crippen molar-refractivity contribution < 1.29 is 5.11 Å². The van der Waals surface area contributed by atoms with Gasteiger partial charge in [0.15, 0.2) is 0 Å². The molecular formula is C9H19NO. The lowest BCUT2D eigenvalue weighted by Gasteiger charge is -2.45. The maximum absolute atomic E-state index is 9.10. The predicted molar refractivity (Wildman–Crippen MR) is 46.2 cm³/mol. The Bertz CT molecular complexity index is 142. The lowest BCUT2D eigenvalue weighted by Crippen LogP contribution is -2.56. The van der Waals surface area contributed by atoms with Crippen LogP contribution >= 0.6 is 0 Å². The zero-order chi connectivity index (χ0) is 8.70. The molecular weight excluding hydrogens is 138 g/mol. The standard InChI is InChI=1S/C9H19NO/c1-8(2,3)6-9(10)4-7(11)5-9/h7,11H,4-6,10H2,1-3H3. The quantitative estimate of drug-likeness (QED) is 0.602. The van der Waals surface area contributed by atoms with Crippen molar-refractivity contribution in [1.82, 2.24) is 0 Å². The summed E-state index contributed by atoms with van der Waals surface area (Å²) in [5.74, 6) is 0. The van der Waals surface area contributed by atoms with E-state index < -0.39 is 0 Å². The van der Waals surface area contributed by atoms with E-state index in [1.807, 2.05) is 0 Å². The van der Waals surface area contributed by atoms with Crippen molar-refractivity contribution in [1.29, 1.82) is 0 Å². The average Bonchev–Trinajstić information content (AvgIpc) is 1.53. The Hall–Kier alpha value is -0.0800. The lowest BCUT2D eigenvalue weighted by atomic mass is 9.67. The zero-order valence-corrected chi connectivity index (χ0v) is 7.72. The van der Waals surface area contributed by atoms with E-state index in [2.05, 4.69) is 20.8 Å². The van der Waals surface area contributed by atoms with E-state index in [1.165, 1.54) is 0 Å². The summed E-state index contributed by atoms with van der Waals surface area (Å²) in [6.07, 6.45) is 2.44. The van der Waals surface area contributed by atoms with Gasteiger partial charge in [-0.15, -0.1) is 0 Å². The monoisotopic (exact) mass is 157 g/mol. The summed E-state index contributed by atoms with van der Waals surface area (Å²) < 4.78 is 0. The van der Waals surface area contributed by atoms with Crippen LogP contribution in [0.5, 0.6) is 0 Å². The molecule has 0 aromatic carbocycles. The van der Waals surface area contributed by atoms with Gasteiger partial charge in [0.05, 0.1) is 6.10 Å². The Morgan fingerprint density at radius 1 is 1.45 bits per heavy atom. The van der Waals surface area contributed by atoms with Crippen LogP contribution in [0.15, 0.2) is 0 Å². The molecule has 2 nitrogen and oxygen atoms in total. The van der Waals surface area contributed by atoms with Crippen LogP contribution < -0.4 is 5.73 Å². The Morgan fingerprint density at radius 2 is 1.91 bits per heavy atom. The fourth-order valence-electron chi connectivity index (χ4n) is 2.08. The Morgan fingerprint density at radius 3 is 2.18 bits per heavy atom. The number of aliphatic hydroxyl groups excluding tert-OH is 1. The molecule has 1 saturated carbocycles. The topological polar surface area (TPSA) is 46.2 Å². The number of hydrogen-bond acceptors (Lipinski definition) is 2. The average molecular weight is 157 g/mol. The smallest absolute Gasteiger partial charge is 0.0575 e. The van der Waals surface area contributed by atoms with Crippen LogP contribution in [0.1, 0.15) is 40.0 Å². The van der Waals surface area contributed by atoms with Crippen LogP contribution in [0.25, 0.3) is 0 Å². The van der Waals surface area contributed by atoms with Gasteiger partial charge in [0.1, 0.15) is 0 Å². The van der Waals surface area contributed by atoms with E-state index in [9.17, 15) is 0 Å². The predicted octanol–water partition coefficient (Wildman–Crippen LogP) is 1.27. The van der Waals surface area contributed by atoms with Gasteiger partial charge in [0.2, 0.25) is 0 Å². The molecule has 1 fully saturated rings. The summed E-state index contributed by atoms with van der Waals surface area (Å²) >= 11 is 0. The Labute approximate surface area is 68.8 Å². The fraction of sp³-hybridized carbons (Fsp3) is 1.00. The summed E-state index contributed by atoms with van der Waals surface area (Å²) in [6, 6.07) is 0. The molecule has 0 spiro atoms. The summed E-state index contributed by atoms with van der Waals surface area (Å²) in [7, 11) is 0. The van der Waals surface area contributed by atoms with E-state index in [0.717, 1.165) is 19.3 Å². The van der Waals surface area contributed by atoms with Crippen LogP contribution in [0.4, 0.5) is 0 Å². The second-order valence-corrected chi connectivity index (χ2v) is 5.16. The molecule has 0 bridgehead atoms. The number of aliphatic hydroxyl groups is 1. The van der Waals surface area contributed by atoms with Gasteiger partial charge in [0.25, 0.3) is 0 Å². The molecule has 0 radical (unpaired) electrons. The van der Waals surface area contributed by atoms with Crippen molar-refractivity contribution in [3.05, 3.63) is 0 Å². The molecule has 3 N–H and O–H groups in total. The first-order valence-electron chi connectivity index (χ1n) is 4.28. The largest absolute Gasteiger partial charge is 0.393 e. The van der Waals surface area contributed by atoms with Crippen molar-refractivity contribution >= 4 is 0 Å². The molecule has 1 aliphatic carbocycles. The van der Waals surface area contributed by atoms with Gasteiger partial charge in [-0.1, -0.05) is 20.8 Å². The minimum Gasteiger partial charge on any atom is -0.393 e. The number of rotatable bonds is 1. The van der Waals surface area contributed by atoms with Crippen LogP contribution in [-0.2, 0) is 0 Å². The Kier molecular flexibility index (Phi) is 2.01. The summed E-state index contributed by atoms with van der Waals surface area (Å²) in [5.41, 5.74) is 6.23. The first kappa shape index (κ1) is 9.01. The van der Waals surface area contributed by atoms with Gasteiger partial charge in [0, 0.05) is 5.54 Å². The molecule has 1 aliphatic rings. The summed E-state index contributed by atoms with van der Waals surface area (Å²) in [6.45, 7) is 6.56. The van der Waals surface area contributed by atoms with E-state index in [1.54, 1.807) is 0 Å². The van der Waals surface area contributed by atoms with Crippen LogP contribution in [0.2, 0.25) is 0 Å². The molecule has 11 heavy (non-hydrogen) atoms. The normalized spacial score (nSPS) is 38.5. The van der Waals surface area contributed by atoms with Crippen molar-refractivity contribution in [2.24, 2.45) is 11.1 Å². The van der Waals surface area contributed by atoms with Crippen molar-refractivity contribution in [3.8, 4) is 0 Å². The third kappa shape index (κ3) is 2.46. The van der Waals surface area contributed by atoms with E-state index in [-0.39, 0.29) is 17.1 Å². The second kappa shape index (κ2) is 2.46. The minimum absolute atomic E-state index is 0.0718. The molecule has 0 atom stereocenters. The molecule has 66 valence electrons. The molecule has 0 aromatic rings. The highest BCUT2D eigenvalue weighted by atomic mass is 16.3. The SMILES string of the molecule is CC(C)(C)CC1(N)CC(O)C1. The van der Waals surface area contributed by atoms with Gasteiger partial charge >= 0.3 is 0 Å². The summed E-state index contributed by atoms with van der Waals surface area (Å²) in [4.78, 5) is 0. The number of hydrogen-bond donors (Lipinski definition) is 2. The molecule has 1 rings (SSSR count). The summed E-state index contributed by atoms with van der Waals surface area (Å²) in [5, 5.41) is 9.10. The third-order valence-corrected chi connectivity index (χ3v) is 2.17. The molecule has 0 saturated heterocycles. The highest BCUT2D eigenvalue weighted by molar-refractivity contribution is 5.00. The molecule has 0 unspecified atom stereocenters. The maximum Gasteiger partial charge on any atom is 0.0575 e. The Balaban J connectivity index is 2.38. The third-order valence-electron chi connectivity index (χ3n) is 2.17. The van der Waals surface area contributed by atoms with Crippen molar-refractivity contribution in [3.63, 3.8) is 0 Å². The second-order valence-electron chi connectivity index (χ2n) is 5.16. The molecule has 0 aromatic heterocycles. The maximum atomic E-state index is 9.10. The highest BCUT2D eigenvalue weighted by Crippen LogP contribution is 2.39. The minimum atomic E-state index is -0.137. The van der Waals surface area contributed by atoms with E-state index in [4.69, 9.17) is 10.8 Å². The van der Waals surface area contributed by atoms with E-state index >= 15 is 0 Å². The zero-order valence-electron chi connectivity index (χ0n) is 7.72. The van der Waals surface area contributed by atoms with Gasteiger partial charge in [-0.25, -0.2) is 0 Å². The molecule has 2 heteroatoms. The van der Waals surface area contributed by atoms with Crippen molar-refractivity contribution in [2.75, 3.05) is 0 Å². The van der Waals surface area contributed by atoms with Crippen LogP contribution in [0.3, 0.4) is 0 Å². The fourth-order valence-corrected chi connectivity index (χ4v) is 2.08. The van der Waals surface area contributed by atoms with E-state index in [0.29, 0.717) is 0 Å². The van der Waals surface area contributed by atoms with Gasteiger partial charge in [-0.05, 0) is 24.7 Å². The van der Waals surface area contributed by atoms with Crippen LogP contribution in [0, 0.1) is 5.41 Å². The van der Waals surface area contributed by atoms with Gasteiger partial charge in [-0.2, -0.15) is 0 Å². The number of nitrogens with two attached hydrogens (primary N) is 1. The molecule has 0 aliphatic heterocycles. The van der Waals surface area contributed by atoms with Crippen LogP contribution in [-0.4, -0.2) is 16.7 Å². The first-order chi connectivity index (χ1) is 4.81. The first-order valence-corrected chi connectivity index (χ1v) is 4.28.